The number of hydrogen-bond acceptors (Lipinski definition) is 5. The Morgan fingerprint density at radius 1 is 1.28 bits per heavy atom. The molecule has 94 valence electrons. The van der Waals surface area contributed by atoms with E-state index < -0.39 is 19.0 Å². The monoisotopic (exact) mass is 274 g/mol. The van der Waals surface area contributed by atoms with E-state index in [4.69, 9.17) is 10.0 Å². The summed E-state index contributed by atoms with van der Waals surface area (Å²) < 4.78 is 37.2. The molecule has 0 spiro atoms. The van der Waals surface area contributed by atoms with Crippen LogP contribution in [-0.4, -0.2) is 27.1 Å². The van der Waals surface area contributed by atoms with Gasteiger partial charge < -0.3 is 10.0 Å². The van der Waals surface area contributed by atoms with Gasteiger partial charge >= 0.3 is 13.3 Å². The maximum atomic E-state index is 12.4. The highest BCUT2D eigenvalue weighted by Crippen LogP contribution is 2.32. The first-order valence-electron chi connectivity index (χ1n) is 4.72. The highest BCUT2D eigenvalue weighted by molar-refractivity contribution is 7.13. The van der Waals surface area contributed by atoms with Crippen LogP contribution in [0.4, 0.5) is 13.2 Å². The minimum atomic E-state index is -4.51. The number of alkyl halides is 3. The van der Waals surface area contributed by atoms with Crippen molar-refractivity contribution >= 4 is 23.9 Å². The molecule has 0 radical (unpaired) electrons. The van der Waals surface area contributed by atoms with E-state index in [1.54, 1.807) is 0 Å². The molecule has 0 aliphatic rings. The van der Waals surface area contributed by atoms with Gasteiger partial charge in [-0.05, 0) is 6.07 Å². The number of thiazole rings is 1. The summed E-state index contributed by atoms with van der Waals surface area (Å²) in [6, 6.07) is 1.38. The topological polar surface area (TPSA) is 66.2 Å². The predicted molar refractivity (Wildman–Crippen MR) is 60.2 cm³/mol. The Hall–Kier alpha value is -1.45. The quantitative estimate of drug-likeness (QED) is 0.799. The number of hydrogen-bond donors (Lipinski definition) is 2. The third-order valence-corrected chi connectivity index (χ3v) is 3.03. The molecule has 0 unspecified atom stereocenters. The molecular weight excluding hydrogens is 268 g/mol. The van der Waals surface area contributed by atoms with Crippen LogP contribution in [0.25, 0.3) is 10.6 Å². The Bertz CT molecular complexity index is 559. The molecular formula is C9H6BF3N2O2S. The van der Waals surface area contributed by atoms with E-state index in [9.17, 15) is 13.2 Å². The van der Waals surface area contributed by atoms with Gasteiger partial charge in [-0.1, -0.05) is 0 Å². The molecule has 9 heteroatoms. The first-order chi connectivity index (χ1) is 8.39. The van der Waals surface area contributed by atoms with Crippen LogP contribution < -0.4 is 5.46 Å². The molecule has 0 bridgehead atoms. The summed E-state index contributed by atoms with van der Waals surface area (Å²) in [6.07, 6.45) is -2.00. The van der Waals surface area contributed by atoms with Crippen molar-refractivity contribution in [2.75, 3.05) is 0 Å². The van der Waals surface area contributed by atoms with Gasteiger partial charge in [0.15, 0.2) is 5.69 Å². The van der Waals surface area contributed by atoms with Crippen LogP contribution in [-0.2, 0) is 6.18 Å². The predicted octanol–water partition coefficient (Wildman–Crippen LogP) is 0.904. The van der Waals surface area contributed by atoms with Crippen molar-refractivity contribution in [3.8, 4) is 10.6 Å². The van der Waals surface area contributed by atoms with Crippen molar-refractivity contribution in [2.45, 2.75) is 6.18 Å². The van der Waals surface area contributed by atoms with Crippen LogP contribution in [0.3, 0.4) is 0 Å². The Kier molecular flexibility index (Phi) is 3.37. The number of halogens is 3. The maximum absolute atomic E-state index is 12.4. The van der Waals surface area contributed by atoms with E-state index in [0.717, 1.165) is 16.7 Å². The van der Waals surface area contributed by atoms with Crippen molar-refractivity contribution < 1.29 is 23.2 Å². The smallest absolute Gasteiger partial charge is 0.423 e. The van der Waals surface area contributed by atoms with Crippen LogP contribution in [0.1, 0.15) is 5.69 Å². The second-order valence-corrected chi connectivity index (χ2v) is 4.23. The fourth-order valence-corrected chi connectivity index (χ4v) is 2.21. The average molecular weight is 274 g/mol. The van der Waals surface area contributed by atoms with Crippen molar-refractivity contribution in [3.63, 3.8) is 0 Å². The van der Waals surface area contributed by atoms with Crippen LogP contribution in [0, 0.1) is 0 Å². The molecule has 2 heterocycles. The maximum Gasteiger partial charge on any atom is 0.490 e. The highest BCUT2D eigenvalue weighted by Gasteiger charge is 2.34. The molecule has 0 saturated heterocycles. The van der Waals surface area contributed by atoms with Crippen molar-refractivity contribution in [2.24, 2.45) is 0 Å². The molecule has 0 fully saturated rings. The first-order valence-corrected chi connectivity index (χ1v) is 5.60. The first kappa shape index (κ1) is 13.0. The van der Waals surface area contributed by atoms with Gasteiger partial charge in [0.1, 0.15) is 5.01 Å². The van der Waals surface area contributed by atoms with Crippen molar-refractivity contribution in [1.82, 2.24) is 9.97 Å². The van der Waals surface area contributed by atoms with E-state index in [-0.39, 0.29) is 16.0 Å². The summed E-state index contributed by atoms with van der Waals surface area (Å²) in [5.74, 6) is 0. The summed E-state index contributed by atoms with van der Waals surface area (Å²) in [5, 5.41) is 19.1. The largest absolute Gasteiger partial charge is 0.490 e. The second-order valence-electron chi connectivity index (χ2n) is 3.37. The minimum absolute atomic E-state index is 0.0144. The van der Waals surface area contributed by atoms with Gasteiger partial charge in [0, 0.05) is 28.8 Å². The summed E-state index contributed by atoms with van der Waals surface area (Å²) in [4.78, 5) is 7.12. The van der Waals surface area contributed by atoms with Crippen molar-refractivity contribution in [1.29, 1.82) is 0 Å². The van der Waals surface area contributed by atoms with Gasteiger partial charge in [0.25, 0.3) is 0 Å². The third kappa shape index (κ3) is 2.52. The molecule has 2 aromatic heterocycles. The van der Waals surface area contributed by atoms with E-state index >= 15 is 0 Å². The van der Waals surface area contributed by atoms with E-state index in [0.29, 0.717) is 0 Å². The molecule has 18 heavy (non-hydrogen) atoms. The summed E-state index contributed by atoms with van der Waals surface area (Å²) in [5.41, 5.74) is -0.765. The normalized spacial score (nSPS) is 11.6. The van der Waals surface area contributed by atoms with Crippen LogP contribution in [0.15, 0.2) is 23.8 Å². The zero-order valence-corrected chi connectivity index (χ0v) is 9.53. The van der Waals surface area contributed by atoms with Crippen LogP contribution in [0.2, 0.25) is 0 Å². The molecule has 4 nitrogen and oxygen atoms in total. The minimum Gasteiger partial charge on any atom is -0.423 e. The van der Waals surface area contributed by atoms with E-state index in [2.05, 4.69) is 9.97 Å². The van der Waals surface area contributed by atoms with Gasteiger partial charge in [0.2, 0.25) is 0 Å². The SMILES string of the molecule is OB(O)c1cnccc1-c1nc(C(F)(F)F)cs1. The second kappa shape index (κ2) is 4.67. The summed E-state index contributed by atoms with van der Waals surface area (Å²) in [6.45, 7) is 0. The third-order valence-electron chi connectivity index (χ3n) is 2.16. The Balaban J connectivity index is 2.47. The molecule has 0 aliphatic heterocycles. The number of nitrogens with zero attached hydrogens (tertiary/aromatic N) is 2. The fourth-order valence-electron chi connectivity index (χ4n) is 1.33. The molecule has 2 aromatic rings. The molecule has 0 saturated carbocycles. The molecule has 0 amide bonds. The lowest BCUT2D eigenvalue weighted by Crippen LogP contribution is -2.31. The summed E-state index contributed by atoms with van der Waals surface area (Å²) in [7, 11) is -1.81. The number of aromatic nitrogens is 2. The molecule has 0 aliphatic carbocycles. The molecule has 0 aromatic carbocycles. The summed E-state index contributed by atoms with van der Waals surface area (Å²) >= 11 is 0.780. The van der Waals surface area contributed by atoms with Gasteiger partial charge in [-0.25, -0.2) is 4.98 Å². The number of pyridine rings is 1. The number of rotatable bonds is 2. The lowest BCUT2D eigenvalue weighted by molar-refractivity contribution is -0.140. The molecule has 0 atom stereocenters. The highest BCUT2D eigenvalue weighted by atomic mass is 32.1. The van der Waals surface area contributed by atoms with Gasteiger partial charge in [-0.3, -0.25) is 4.98 Å². The van der Waals surface area contributed by atoms with Crippen molar-refractivity contribution in [3.05, 3.63) is 29.5 Å². The zero-order valence-electron chi connectivity index (χ0n) is 8.72. The van der Waals surface area contributed by atoms with Crippen LogP contribution in [0.5, 0.6) is 0 Å². The fraction of sp³-hybridized carbons (Fsp3) is 0.111. The molecule has 2 N–H and O–H groups in total. The lowest BCUT2D eigenvalue weighted by atomic mass is 9.78. The lowest BCUT2D eigenvalue weighted by Gasteiger charge is -2.05. The standard InChI is InChI=1S/C9H6BF3N2O2S/c11-9(12,13)7-4-18-8(15-7)5-1-2-14-3-6(5)10(16)17/h1-4,16-17H. The molecule has 2 rings (SSSR count). The van der Waals surface area contributed by atoms with Gasteiger partial charge in [-0.15, -0.1) is 11.3 Å². The Morgan fingerprint density at radius 3 is 2.56 bits per heavy atom. The Morgan fingerprint density at radius 2 is 2.00 bits per heavy atom. The average Bonchev–Trinajstić information content (AvgIpc) is 2.77. The van der Waals surface area contributed by atoms with Gasteiger partial charge in [-0.2, -0.15) is 13.2 Å². The van der Waals surface area contributed by atoms with E-state index in [1.165, 1.54) is 18.5 Å². The van der Waals surface area contributed by atoms with Gasteiger partial charge in [0.05, 0.1) is 0 Å². The van der Waals surface area contributed by atoms with E-state index in [1.807, 2.05) is 0 Å². The Labute approximate surface area is 104 Å². The zero-order chi connectivity index (χ0) is 13.3. The van der Waals surface area contributed by atoms with Crippen LogP contribution >= 0.6 is 11.3 Å².